The molecule has 0 aromatic heterocycles. The summed E-state index contributed by atoms with van der Waals surface area (Å²) in [5.41, 5.74) is 0. The molecule has 1 aliphatic carbocycles. The van der Waals surface area contributed by atoms with E-state index in [-0.39, 0.29) is 6.10 Å². The predicted octanol–water partition coefficient (Wildman–Crippen LogP) is 1.41. The second-order valence-corrected chi connectivity index (χ2v) is 3.12. The molecule has 1 saturated carbocycles. The lowest BCUT2D eigenvalue weighted by molar-refractivity contribution is 0.140. The topological polar surface area (TPSA) is 20.2 Å². The van der Waals surface area contributed by atoms with Crippen LogP contribution in [0.3, 0.4) is 0 Å². The Hall–Kier alpha value is -0.0400. The number of aliphatic hydroxyl groups excluding tert-OH is 1. The van der Waals surface area contributed by atoms with Gasteiger partial charge in [-0.05, 0) is 24.7 Å². The minimum Gasteiger partial charge on any atom is -0.393 e. The van der Waals surface area contributed by atoms with Crippen LogP contribution in [-0.4, -0.2) is 11.2 Å². The second-order valence-electron chi connectivity index (χ2n) is 3.12. The number of aliphatic hydroxyl groups is 1. The van der Waals surface area contributed by atoms with Crippen LogP contribution >= 0.6 is 0 Å². The highest BCUT2D eigenvalue weighted by atomic mass is 16.3. The van der Waals surface area contributed by atoms with Gasteiger partial charge in [0.05, 0.1) is 6.10 Å². The molecule has 8 heavy (non-hydrogen) atoms. The Morgan fingerprint density at radius 1 is 1.25 bits per heavy atom. The van der Waals surface area contributed by atoms with E-state index >= 15 is 0 Å². The monoisotopic (exact) mass is 114 g/mol. The summed E-state index contributed by atoms with van der Waals surface area (Å²) < 4.78 is 0. The van der Waals surface area contributed by atoms with Crippen LogP contribution in [0.2, 0.25) is 0 Å². The maximum atomic E-state index is 9.17. The highest BCUT2D eigenvalue weighted by Gasteiger charge is 2.25. The summed E-state index contributed by atoms with van der Waals surface area (Å²) in [4.78, 5) is 0. The average molecular weight is 114 g/mol. The van der Waals surface area contributed by atoms with Gasteiger partial charge in [-0.2, -0.15) is 0 Å². The van der Waals surface area contributed by atoms with E-state index in [0.717, 1.165) is 12.3 Å². The van der Waals surface area contributed by atoms with Crippen LogP contribution < -0.4 is 0 Å². The summed E-state index contributed by atoms with van der Waals surface area (Å²) in [5.74, 6) is 1.30. The van der Waals surface area contributed by atoms with Gasteiger partial charge in [0.2, 0.25) is 0 Å². The first kappa shape index (κ1) is 6.09. The zero-order valence-electron chi connectivity index (χ0n) is 5.59. The van der Waals surface area contributed by atoms with Gasteiger partial charge in [0.25, 0.3) is 0 Å². The molecule has 48 valence electrons. The number of hydrogen-bond donors (Lipinski definition) is 1. The van der Waals surface area contributed by atoms with Crippen molar-refractivity contribution in [2.45, 2.75) is 32.8 Å². The van der Waals surface area contributed by atoms with Gasteiger partial charge in [-0.25, -0.2) is 0 Å². The minimum absolute atomic E-state index is 0.00926. The summed E-state index contributed by atoms with van der Waals surface area (Å²) in [6.45, 7) is 4.32. The van der Waals surface area contributed by atoms with E-state index in [0.29, 0.717) is 5.92 Å². The average Bonchev–Trinajstić information content (AvgIpc) is 1.85. The zero-order valence-corrected chi connectivity index (χ0v) is 5.59. The standard InChI is InChI=1S/C7H14O/c1-5-3-6(2)7(8)4-5/h5-8H,3-4H2,1-2H3/t5?,6-,7-/m1/s1. The molecule has 0 heterocycles. The molecule has 0 radical (unpaired) electrons. The molecular weight excluding hydrogens is 100 g/mol. The van der Waals surface area contributed by atoms with Gasteiger partial charge in [-0.1, -0.05) is 13.8 Å². The van der Waals surface area contributed by atoms with Crippen LogP contribution in [0, 0.1) is 11.8 Å². The van der Waals surface area contributed by atoms with Gasteiger partial charge < -0.3 is 5.11 Å². The van der Waals surface area contributed by atoms with Crippen molar-refractivity contribution in [3.05, 3.63) is 0 Å². The van der Waals surface area contributed by atoms with E-state index in [1.165, 1.54) is 6.42 Å². The van der Waals surface area contributed by atoms with Gasteiger partial charge >= 0.3 is 0 Å². The van der Waals surface area contributed by atoms with Crippen molar-refractivity contribution in [2.75, 3.05) is 0 Å². The lowest BCUT2D eigenvalue weighted by Crippen LogP contribution is -2.07. The molecule has 0 amide bonds. The number of hydrogen-bond acceptors (Lipinski definition) is 1. The molecule has 1 heteroatoms. The lowest BCUT2D eigenvalue weighted by atomic mass is 10.1. The van der Waals surface area contributed by atoms with Crippen LogP contribution in [0.25, 0.3) is 0 Å². The lowest BCUT2D eigenvalue weighted by Gasteiger charge is -2.04. The van der Waals surface area contributed by atoms with Gasteiger partial charge in [0.15, 0.2) is 0 Å². The molecule has 0 aromatic carbocycles. The SMILES string of the molecule is CC1C[C@@H](C)[C@H](O)C1. The molecule has 0 spiro atoms. The van der Waals surface area contributed by atoms with Gasteiger partial charge in [0.1, 0.15) is 0 Å². The first-order valence-electron chi connectivity index (χ1n) is 3.38. The summed E-state index contributed by atoms with van der Waals surface area (Å²) in [5, 5.41) is 9.17. The molecule has 1 rings (SSSR count). The Bertz CT molecular complexity index is 70.5. The maximum absolute atomic E-state index is 9.17. The minimum atomic E-state index is -0.00926. The van der Waals surface area contributed by atoms with Crippen molar-refractivity contribution in [1.82, 2.24) is 0 Å². The summed E-state index contributed by atoms with van der Waals surface area (Å²) in [6, 6.07) is 0. The Balaban J connectivity index is 2.39. The molecule has 0 aromatic rings. The third kappa shape index (κ3) is 1.03. The molecule has 0 bridgehead atoms. The normalized spacial score (nSPS) is 47.6. The largest absolute Gasteiger partial charge is 0.393 e. The summed E-state index contributed by atoms with van der Waals surface area (Å²) in [7, 11) is 0. The van der Waals surface area contributed by atoms with Crippen molar-refractivity contribution in [3.63, 3.8) is 0 Å². The molecule has 1 nitrogen and oxygen atoms in total. The molecule has 1 unspecified atom stereocenters. The summed E-state index contributed by atoms with van der Waals surface area (Å²) in [6.07, 6.45) is 2.22. The molecule has 1 aliphatic rings. The van der Waals surface area contributed by atoms with Crippen LogP contribution in [0.1, 0.15) is 26.7 Å². The van der Waals surface area contributed by atoms with Crippen LogP contribution in [0.4, 0.5) is 0 Å². The Labute approximate surface area is 50.7 Å². The van der Waals surface area contributed by atoms with Crippen LogP contribution in [0.5, 0.6) is 0 Å². The maximum Gasteiger partial charge on any atom is 0.0568 e. The van der Waals surface area contributed by atoms with E-state index in [4.69, 9.17) is 5.11 Å². The smallest absolute Gasteiger partial charge is 0.0568 e. The third-order valence-electron chi connectivity index (χ3n) is 2.07. The number of rotatable bonds is 0. The first-order chi connectivity index (χ1) is 3.70. The van der Waals surface area contributed by atoms with E-state index in [2.05, 4.69) is 13.8 Å². The Morgan fingerprint density at radius 2 is 1.88 bits per heavy atom. The van der Waals surface area contributed by atoms with Gasteiger partial charge in [-0.15, -0.1) is 0 Å². The van der Waals surface area contributed by atoms with Gasteiger partial charge in [0, 0.05) is 0 Å². The van der Waals surface area contributed by atoms with Crippen molar-refractivity contribution in [1.29, 1.82) is 0 Å². The second kappa shape index (κ2) is 2.06. The Kier molecular flexibility index (Phi) is 1.57. The molecule has 0 saturated heterocycles. The van der Waals surface area contributed by atoms with Crippen molar-refractivity contribution < 1.29 is 5.11 Å². The highest BCUT2D eigenvalue weighted by Crippen LogP contribution is 2.29. The zero-order chi connectivity index (χ0) is 6.15. The first-order valence-corrected chi connectivity index (χ1v) is 3.38. The van der Waals surface area contributed by atoms with Crippen molar-refractivity contribution in [3.8, 4) is 0 Å². The van der Waals surface area contributed by atoms with E-state index < -0.39 is 0 Å². The van der Waals surface area contributed by atoms with Crippen molar-refractivity contribution >= 4 is 0 Å². The highest BCUT2D eigenvalue weighted by molar-refractivity contribution is 4.77. The third-order valence-corrected chi connectivity index (χ3v) is 2.07. The quantitative estimate of drug-likeness (QED) is 0.505. The Morgan fingerprint density at radius 3 is 2.00 bits per heavy atom. The fourth-order valence-electron chi connectivity index (χ4n) is 1.53. The molecule has 1 fully saturated rings. The van der Waals surface area contributed by atoms with Crippen LogP contribution in [0.15, 0.2) is 0 Å². The molecule has 3 atom stereocenters. The van der Waals surface area contributed by atoms with Crippen molar-refractivity contribution in [2.24, 2.45) is 11.8 Å². The fraction of sp³-hybridized carbons (Fsp3) is 1.00. The van der Waals surface area contributed by atoms with E-state index in [1.807, 2.05) is 0 Å². The van der Waals surface area contributed by atoms with E-state index in [1.54, 1.807) is 0 Å². The van der Waals surface area contributed by atoms with Crippen LogP contribution in [-0.2, 0) is 0 Å². The van der Waals surface area contributed by atoms with Gasteiger partial charge in [-0.3, -0.25) is 0 Å². The molecule has 0 aliphatic heterocycles. The van der Waals surface area contributed by atoms with E-state index in [9.17, 15) is 0 Å². The molecule has 1 N–H and O–H groups in total. The molecular formula is C7H14O. The predicted molar refractivity (Wildman–Crippen MR) is 33.6 cm³/mol. The fourth-order valence-corrected chi connectivity index (χ4v) is 1.53. The summed E-state index contributed by atoms with van der Waals surface area (Å²) >= 11 is 0.